The fraction of sp³-hybridized carbons (Fsp3) is 0.222. The van der Waals surface area contributed by atoms with Crippen LogP contribution >= 0.6 is 11.8 Å². The van der Waals surface area contributed by atoms with E-state index in [0.717, 1.165) is 11.3 Å². The molecular formula is C27H25F3N6O2S. The number of carbonyl (C=O) groups excluding carboxylic acids is 1. The van der Waals surface area contributed by atoms with E-state index in [1.165, 1.54) is 42.2 Å². The molecule has 1 saturated heterocycles. The number of amides is 1. The highest BCUT2D eigenvalue weighted by Gasteiger charge is 2.32. The number of carbonyl (C=O) groups is 1. The molecule has 1 aliphatic rings. The number of nitrogens with zero attached hydrogens (tertiary/aromatic N) is 6. The number of ether oxygens (including phenoxy) is 1. The van der Waals surface area contributed by atoms with Crippen molar-refractivity contribution in [1.29, 1.82) is 0 Å². The Morgan fingerprint density at radius 1 is 1.10 bits per heavy atom. The zero-order valence-electron chi connectivity index (χ0n) is 21.3. The number of hydrogen-bond acceptors (Lipinski definition) is 8. The van der Waals surface area contributed by atoms with Gasteiger partial charge in [0, 0.05) is 36.9 Å². The van der Waals surface area contributed by atoms with Crippen molar-refractivity contribution in [2.45, 2.75) is 26.1 Å². The number of benzene rings is 2. The Labute approximate surface area is 227 Å². The first-order valence-electron chi connectivity index (χ1n) is 11.9. The lowest BCUT2D eigenvalue weighted by Crippen LogP contribution is -2.30. The van der Waals surface area contributed by atoms with Gasteiger partial charge in [-0.15, -0.1) is 18.3 Å². The molecule has 4 rings (SSSR count). The number of allylic oxidation sites excluding steroid dienone is 1. The maximum absolute atomic E-state index is 12.6. The molecule has 1 aliphatic heterocycles. The fourth-order valence-electron chi connectivity index (χ4n) is 3.71. The Bertz CT molecular complexity index is 1390. The Balaban J connectivity index is 1.38. The van der Waals surface area contributed by atoms with Crippen molar-refractivity contribution >= 4 is 52.5 Å². The molecule has 1 fully saturated rings. The van der Waals surface area contributed by atoms with E-state index in [1.54, 1.807) is 41.4 Å². The van der Waals surface area contributed by atoms with Gasteiger partial charge >= 0.3 is 6.36 Å². The smallest absolute Gasteiger partial charge is 0.406 e. The van der Waals surface area contributed by atoms with Crippen molar-refractivity contribution in [3.63, 3.8) is 0 Å². The van der Waals surface area contributed by atoms with E-state index in [9.17, 15) is 18.0 Å². The van der Waals surface area contributed by atoms with Gasteiger partial charge in [-0.05, 0) is 47.9 Å². The molecule has 0 N–H and O–H groups in total. The summed E-state index contributed by atoms with van der Waals surface area (Å²) in [7, 11) is 1.70. The Hall–Kier alpha value is -4.19. The summed E-state index contributed by atoms with van der Waals surface area (Å²) in [6.45, 7) is 4.16. The molecule has 12 heteroatoms. The lowest BCUT2D eigenvalue weighted by atomic mass is 10.0. The van der Waals surface area contributed by atoms with Gasteiger partial charge in [0.25, 0.3) is 0 Å². The quantitative estimate of drug-likeness (QED) is 0.237. The average Bonchev–Trinajstić information content (AvgIpc) is 3.27. The lowest BCUT2D eigenvalue weighted by Gasteiger charge is -2.20. The van der Waals surface area contributed by atoms with E-state index < -0.39 is 6.36 Å². The monoisotopic (exact) mass is 554 g/mol. The highest BCUT2D eigenvalue weighted by molar-refractivity contribution is 8.15. The number of hydrogen-bond donors (Lipinski definition) is 0. The van der Waals surface area contributed by atoms with E-state index in [-0.39, 0.29) is 17.6 Å². The SMILES string of the molecule is CC(C)c1ccccc1N1C(=O)CS\C1=N/N=C\C=C\c1cnc(N(C)c2ccc(OC(F)(F)F)cc2)nc1. The molecule has 2 aromatic carbocycles. The number of amidine groups is 1. The molecule has 0 spiro atoms. The van der Waals surface area contributed by atoms with Crippen LogP contribution in [0.2, 0.25) is 0 Å². The zero-order chi connectivity index (χ0) is 28.0. The predicted molar refractivity (Wildman–Crippen MR) is 149 cm³/mol. The topological polar surface area (TPSA) is 83.3 Å². The van der Waals surface area contributed by atoms with Gasteiger partial charge in [0.05, 0.1) is 11.4 Å². The maximum Gasteiger partial charge on any atom is 0.573 e. The lowest BCUT2D eigenvalue weighted by molar-refractivity contribution is -0.274. The minimum absolute atomic E-state index is 0.0367. The van der Waals surface area contributed by atoms with Crippen molar-refractivity contribution in [3.8, 4) is 5.75 Å². The zero-order valence-corrected chi connectivity index (χ0v) is 22.1. The van der Waals surface area contributed by atoms with Gasteiger partial charge < -0.3 is 9.64 Å². The van der Waals surface area contributed by atoms with Crippen molar-refractivity contribution in [3.05, 3.63) is 78.1 Å². The molecule has 3 aromatic rings. The van der Waals surface area contributed by atoms with Crippen molar-refractivity contribution in [1.82, 2.24) is 9.97 Å². The second kappa shape index (κ2) is 12.1. The molecule has 0 atom stereocenters. The molecule has 0 unspecified atom stereocenters. The van der Waals surface area contributed by atoms with Crippen LogP contribution in [0.1, 0.15) is 30.9 Å². The van der Waals surface area contributed by atoms with Crippen LogP contribution in [0.4, 0.5) is 30.5 Å². The molecule has 39 heavy (non-hydrogen) atoms. The molecule has 1 amide bonds. The third kappa shape index (κ3) is 7.23. The molecule has 202 valence electrons. The molecule has 8 nitrogen and oxygen atoms in total. The molecule has 2 heterocycles. The molecule has 0 bridgehead atoms. The number of halogens is 3. The summed E-state index contributed by atoms with van der Waals surface area (Å²) in [4.78, 5) is 24.4. The van der Waals surface area contributed by atoms with Gasteiger partial charge in [-0.2, -0.15) is 5.10 Å². The van der Waals surface area contributed by atoms with Crippen molar-refractivity contribution in [2.75, 3.05) is 22.6 Å². The van der Waals surface area contributed by atoms with Crippen molar-refractivity contribution in [2.24, 2.45) is 10.2 Å². The first-order chi connectivity index (χ1) is 18.6. The molecule has 1 aromatic heterocycles. The standard InChI is InChI=1S/C27H25F3N6O2S/c1-18(2)22-8-4-5-9-23(22)36-24(37)17-39-26(36)34-33-14-6-7-19-15-31-25(32-16-19)35(3)20-10-12-21(13-11-20)38-27(28,29)30/h4-16,18H,17H2,1-3H3/b7-6+,33-14-,34-26-. The third-order valence-electron chi connectivity index (χ3n) is 5.57. The van der Waals surface area contributed by atoms with E-state index >= 15 is 0 Å². The summed E-state index contributed by atoms with van der Waals surface area (Å²) >= 11 is 1.34. The minimum Gasteiger partial charge on any atom is -0.406 e. The molecule has 0 saturated carbocycles. The van der Waals surface area contributed by atoms with Crippen LogP contribution in [0.15, 0.2) is 77.2 Å². The Morgan fingerprint density at radius 3 is 2.46 bits per heavy atom. The van der Waals surface area contributed by atoms with Gasteiger partial charge in [-0.25, -0.2) is 9.97 Å². The van der Waals surface area contributed by atoms with Crippen molar-refractivity contribution < 1.29 is 22.7 Å². The van der Waals surface area contributed by atoms with E-state index in [0.29, 0.717) is 28.1 Å². The number of anilines is 3. The van der Waals surface area contributed by atoms with Crippen LogP contribution in [-0.4, -0.2) is 46.4 Å². The van der Waals surface area contributed by atoms with E-state index in [4.69, 9.17) is 0 Å². The number of alkyl halides is 3. The first-order valence-corrected chi connectivity index (χ1v) is 12.8. The maximum atomic E-state index is 12.6. The van der Waals surface area contributed by atoms with Gasteiger partial charge in [-0.3, -0.25) is 9.69 Å². The second-order valence-electron chi connectivity index (χ2n) is 8.65. The molecule has 0 aliphatic carbocycles. The Morgan fingerprint density at radius 2 is 1.79 bits per heavy atom. The first kappa shape index (κ1) is 27.8. The summed E-state index contributed by atoms with van der Waals surface area (Å²) in [6, 6.07) is 13.2. The fourth-order valence-corrected chi connectivity index (χ4v) is 4.52. The van der Waals surface area contributed by atoms with Crippen LogP contribution in [0.25, 0.3) is 6.08 Å². The minimum atomic E-state index is -4.74. The molecular weight excluding hydrogens is 529 g/mol. The number of rotatable bonds is 8. The third-order valence-corrected chi connectivity index (χ3v) is 6.48. The van der Waals surface area contributed by atoms with Crippen LogP contribution in [0, 0.1) is 0 Å². The summed E-state index contributed by atoms with van der Waals surface area (Å²) in [6.07, 6.45) is 3.40. The van der Waals surface area contributed by atoms with Crippen LogP contribution in [0.3, 0.4) is 0 Å². The average molecular weight is 555 g/mol. The molecule has 0 radical (unpaired) electrons. The van der Waals surface area contributed by atoms with Crippen LogP contribution in [0.5, 0.6) is 5.75 Å². The van der Waals surface area contributed by atoms with E-state index in [2.05, 4.69) is 38.8 Å². The largest absolute Gasteiger partial charge is 0.573 e. The summed E-state index contributed by atoms with van der Waals surface area (Å²) in [5, 5.41) is 8.87. The number of para-hydroxylation sites is 1. The van der Waals surface area contributed by atoms with Gasteiger partial charge in [0.1, 0.15) is 5.75 Å². The van der Waals surface area contributed by atoms with Gasteiger partial charge in [0.15, 0.2) is 5.17 Å². The van der Waals surface area contributed by atoms with Crippen LogP contribution in [-0.2, 0) is 4.79 Å². The summed E-state index contributed by atoms with van der Waals surface area (Å²) in [5.41, 5.74) is 3.18. The highest BCUT2D eigenvalue weighted by Crippen LogP contribution is 2.33. The summed E-state index contributed by atoms with van der Waals surface area (Å²) in [5.74, 6) is 0.574. The second-order valence-corrected chi connectivity index (χ2v) is 9.60. The Kier molecular flexibility index (Phi) is 8.65. The predicted octanol–water partition coefficient (Wildman–Crippen LogP) is 6.40. The number of aromatic nitrogens is 2. The normalized spacial score (nSPS) is 15.3. The van der Waals surface area contributed by atoms with Gasteiger partial charge in [-0.1, -0.05) is 49.9 Å². The highest BCUT2D eigenvalue weighted by atomic mass is 32.2. The number of thioether (sulfide) groups is 1. The van der Waals surface area contributed by atoms with Crippen LogP contribution < -0.4 is 14.5 Å². The van der Waals surface area contributed by atoms with E-state index in [1.807, 2.05) is 24.3 Å². The summed E-state index contributed by atoms with van der Waals surface area (Å²) < 4.78 is 40.9. The van der Waals surface area contributed by atoms with Gasteiger partial charge in [0.2, 0.25) is 11.9 Å².